The Bertz CT molecular complexity index is 259. The third-order valence-electron chi connectivity index (χ3n) is 2.22. The summed E-state index contributed by atoms with van der Waals surface area (Å²) in [6.45, 7) is 0.955. The minimum atomic E-state index is -1.33. The van der Waals surface area contributed by atoms with Crippen LogP contribution in [0.25, 0.3) is 0 Å². The number of likely N-dealkylation sites (N-methyl/N-ethyl adjacent to an activating group) is 1. The molecule has 13 heavy (non-hydrogen) atoms. The quantitative estimate of drug-likeness (QED) is 0.401. The normalized spacial score (nSPS) is 21.3. The largest absolute Gasteiger partial charge is 0.368 e. The average Bonchev–Trinajstić information content (AvgIpc) is 2.03. The molecule has 0 bridgehead atoms. The highest BCUT2D eigenvalue weighted by molar-refractivity contribution is 6.06. The van der Waals surface area contributed by atoms with Crippen LogP contribution in [0.5, 0.6) is 0 Å². The Hall–Kier alpha value is -1.36. The maximum Gasteiger partial charge on any atom is 0.238 e. The predicted molar refractivity (Wildman–Crippen MR) is 47.5 cm³/mol. The molecule has 2 amide bonds. The maximum absolute atomic E-state index is 11.1. The molecule has 72 valence electrons. The van der Waals surface area contributed by atoms with Crippen LogP contribution in [0, 0.1) is 5.41 Å². The van der Waals surface area contributed by atoms with Gasteiger partial charge in [-0.1, -0.05) is 12.2 Å². The molecule has 0 aromatic rings. The van der Waals surface area contributed by atoms with Gasteiger partial charge in [0.1, 0.15) is 0 Å². The molecule has 0 atom stereocenters. The number of hydrogen-bond acceptors (Lipinski definition) is 3. The molecule has 0 radical (unpaired) electrons. The van der Waals surface area contributed by atoms with Crippen molar-refractivity contribution in [2.24, 2.45) is 16.9 Å². The molecular formula is C8H13N3O2. The van der Waals surface area contributed by atoms with E-state index in [9.17, 15) is 9.59 Å². The number of rotatable bonds is 2. The minimum absolute atomic E-state index is 0.258. The number of nitrogens with zero attached hydrogens (tertiary/aromatic N) is 1. The van der Waals surface area contributed by atoms with Gasteiger partial charge in [-0.05, 0) is 7.05 Å². The fourth-order valence-corrected chi connectivity index (χ4v) is 1.42. The van der Waals surface area contributed by atoms with E-state index < -0.39 is 17.2 Å². The molecule has 0 saturated heterocycles. The van der Waals surface area contributed by atoms with E-state index in [2.05, 4.69) is 0 Å². The molecule has 0 spiro atoms. The Kier molecular flexibility index (Phi) is 2.38. The second-order valence-electron chi connectivity index (χ2n) is 3.30. The Morgan fingerprint density at radius 3 is 2.23 bits per heavy atom. The Morgan fingerprint density at radius 2 is 1.92 bits per heavy atom. The van der Waals surface area contributed by atoms with Crippen LogP contribution in [-0.4, -0.2) is 36.9 Å². The zero-order valence-corrected chi connectivity index (χ0v) is 7.49. The summed E-state index contributed by atoms with van der Waals surface area (Å²) in [7, 11) is 1.80. The summed E-state index contributed by atoms with van der Waals surface area (Å²) >= 11 is 0. The molecule has 1 rings (SSSR count). The van der Waals surface area contributed by atoms with Gasteiger partial charge in [-0.3, -0.25) is 9.59 Å². The van der Waals surface area contributed by atoms with Gasteiger partial charge < -0.3 is 16.4 Å². The van der Waals surface area contributed by atoms with Crippen molar-refractivity contribution in [3.05, 3.63) is 12.2 Å². The van der Waals surface area contributed by atoms with E-state index in [4.69, 9.17) is 11.5 Å². The van der Waals surface area contributed by atoms with Crippen molar-refractivity contribution in [1.82, 2.24) is 4.90 Å². The number of carbonyl (C=O) groups excluding carboxylic acids is 2. The summed E-state index contributed by atoms with van der Waals surface area (Å²) in [5.74, 6) is -1.38. The molecule has 5 heteroatoms. The van der Waals surface area contributed by atoms with Crippen LogP contribution >= 0.6 is 0 Å². The first-order valence-corrected chi connectivity index (χ1v) is 3.95. The monoisotopic (exact) mass is 183 g/mol. The Morgan fingerprint density at radius 1 is 1.38 bits per heavy atom. The number of nitrogens with two attached hydrogens (primary N) is 2. The summed E-state index contributed by atoms with van der Waals surface area (Å²) < 4.78 is 0. The van der Waals surface area contributed by atoms with E-state index >= 15 is 0 Å². The maximum atomic E-state index is 11.1. The molecule has 1 aliphatic rings. The molecule has 0 saturated carbocycles. The highest BCUT2D eigenvalue weighted by atomic mass is 16.2. The Labute approximate surface area is 76.4 Å². The first kappa shape index (κ1) is 9.73. The number of carbonyl (C=O) groups is 2. The first-order chi connectivity index (χ1) is 5.99. The molecule has 4 N–H and O–H groups in total. The molecule has 0 unspecified atom stereocenters. The predicted octanol–water partition coefficient (Wildman–Crippen LogP) is -1.55. The van der Waals surface area contributed by atoms with E-state index in [1.807, 2.05) is 4.90 Å². The molecule has 1 heterocycles. The molecule has 0 aliphatic carbocycles. The molecule has 5 nitrogen and oxygen atoms in total. The highest BCUT2D eigenvalue weighted by Gasteiger charge is 2.42. The molecule has 0 aromatic heterocycles. The number of amides is 2. The van der Waals surface area contributed by atoms with Crippen LogP contribution in [0.3, 0.4) is 0 Å². The van der Waals surface area contributed by atoms with Crippen molar-refractivity contribution in [2.75, 3.05) is 20.1 Å². The molecule has 0 fully saturated rings. The fraction of sp³-hybridized carbons (Fsp3) is 0.500. The van der Waals surface area contributed by atoms with Gasteiger partial charge >= 0.3 is 0 Å². The van der Waals surface area contributed by atoms with E-state index in [1.54, 1.807) is 13.1 Å². The minimum Gasteiger partial charge on any atom is -0.368 e. The van der Waals surface area contributed by atoms with E-state index in [0.29, 0.717) is 6.54 Å². The van der Waals surface area contributed by atoms with Crippen LogP contribution in [0.15, 0.2) is 12.2 Å². The third kappa shape index (κ3) is 1.55. The summed E-state index contributed by atoms with van der Waals surface area (Å²) in [5, 5.41) is 0. The van der Waals surface area contributed by atoms with Gasteiger partial charge in [0, 0.05) is 13.1 Å². The molecular weight excluding hydrogens is 170 g/mol. The fourth-order valence-electron chi connectivity index (χ4n) is 1.42. The van der Waals surface area contributed by atoms with Crippen molar-refractivity contribution >= 4 is 11.8 Å². The SMILES string of the molecule is CN1CC=CC(C(N)=O)(C(N)=O)C1. The lowest BCUT2D eigenvalue weighted by Crippen LogP contribution is -2.54. The van der Waals surface area contributed by atoms with E-state index in [0.717, 1.165) is 0 Å². The smallest absolute Gasteiger partial charge is 0.238 e. The van der Waals surface area contributed by atoms with Gasteiger partial charge in [-0.2, -0.15) is 0 Å². The van der Waals surface area contributed by atoms with Crippen molar-refractivity contribution < 1.29 is 9.59 Å². The van der Waals surface area contributed by atoms with Crippen LogP contribution < -0.4 is 11.5 Å². The van der Waals surface area contributed by atoms with Gasteiger partial charge in [-0.25, -0.2) is 0 Å². The van der Waals surface area contributed by atoms with Gasteiger partial charge in [0.2, 0.25) is 11.8 Å². The van der Waals surface area contributed by atoms with Gasteiger partial charge in [0.05, 0.1) is 0 Å². The number of hydrogen-bond donors (Lipinski definition) is 2. The Balaban J connectivity index is 3.04. The lowest BCUT2D eigenvalue weighted by molar-refractivity contribution is -0.137. The second kappa shape index (κ2) is 3.18. The zero-order chi connectivity index (χ0) is 10.1. The topological polar surface area (TPSA) is 89.4 Å². The van der Waals surface area contributed by atoms with Crippen LogP contribution in [-0.2, 0) is 9.59 Å². The van der Waals surface area contributed by atoms with Gasteiger partial charge in [0.15, 0.2) is 5.41 Å². The molecule has 1 aliphatic heterocycles. The second-order valence-corrected chi connectivity index (χ2v) is 3.30. The van der Waals surface area contributed by atoms with Gasteiger partial charge in [-0.15, -0.1) is 0 Å². The van der Waals surface area contributed by atoms with Crippen LogP contribution in [0.1, 0.15) is 0 Å². The van der Waals surface area contributed by atoms with E-state index in [1.165, 1.54) is 6.08 Å². The van der Waals surface area contributed by atoms with Crippen LogP contribution in [0.4, 0.5) is 0 Å². The van der Waals surface area contributed by atoms with Crippen molar-refractivity contribution in [2.45, 2.75) is 0 Å². The lowest BCUT2D eigenvalue weighted by atomic mass is 9.83. The standard InChI is InChI=1S/C8H13N3O2/c1-11-4-2-3-8(5-11,6(9)12)7(10)13/h2-3H,4-5H2,1H3,(H2,9,12)(H2,10,13). The summed E-state index contributed by atoms with van der Waals surface area (Å²) in [5.41, 5.74) is 8.97. The van der Waals surface area contributed by atoms with Crippen LogP contribution in [0.2, 0.25) is 0 Å². The zero-order valence-electron chi connectivity index (χ0n) is 7.49. The third-order valence-corrected chi connectivity index (χ3v) is 2.22. The molecule has 0 aromatic carbocycles. The summed E-state index contributed by atoms with van der Waals surface area (Å²) in [6.07, 6.45) is 3.22. The summed E-state index contributed by atoms with van der Waals surface area (Å²) in [4.78, 5) is 24.0. The highest BCUT2D eigenvalue weighted by Crippen LogP contribution is 2.22. The average molecular weight is 183 g/mol. The summed E-state index contributed by atoms with van der Waals surface area (Å²) in [6, 6.07) is 0. The van der Waals surface area contributed by atoms with Crippen molar-refractivity contribution in [3.8, 4) is 0 Å². The van der Waals surface area contributed by atoms with E-state index in [-0.39, 0.29) is 6.54 Å². The van der Waals surface area contributed by atoms with Gasteiger partial charge in [0.25, 0.3) is 0 Å². The number of primary amides is 2. The van der Waals surface area contributed by atoms with Crippen molar-refractivity contribution in [1.29, 1.82) is 0 Å². The van der Waals surface area contributed by atoms with Crippen molar-refractivity contribution in [3.63, 3.8) is 0 Å². The lowest BCUT2D eigenvalue weighted by Gasteiger charge is -2.32. The first-order valence-electron chi connectivity index (χ1n) is 3.95.